The summed E-state index contributed by atoms with van der Waals surface area (Å²) in [5.41, 5.74) is 0.861. The Bertz CT molecular complexity index is 812. The smallest absolute Gasteiger partial charge is 0.360 e. The van der Waals surface area contributed by atoms with Crippen LogP contribution in [0.4, 0.5) is 0 Å². The summed E-state index contributed by atoms with van der Waals surface area (Å²) >= 11 is 5.90. The summed E-state index contributed by atoms with van der Waals surface area (Å²) in [6.45, 7) is 1.88. The highest BCUT2D eigenvalue weighted by Crippen LogP contribution is 2.32. The number of nitrogens with zero attached hydrogens (tertiary/aromatic N) is 2. The predicted molar refractivity (Wildman–Crippen MR) is 83.7 cm³/mol. The maximum atomic E-state index is 12.3. The van der Waals surface area contributed by atoms with Crippen LogP contribution in [-0.4, -0.2) is 25.1 Å². The Kier molecular flexibility index (Phi) is 4.77. The Morgan fingerprint density at radius 1 is 1.32 bits per heavy atom. The van der Waals surface area contributed by atoms with E-state index in [0.29, 0.717) is 5.75 Å². The molecule has 0 N–H and O–H groups in total. The number of benzene rings is 1. The molecular formula is C14H15ClN2O4S. The molecule has 0 aliphatic carbocycles. The number of hydrogen-bond donors (Lipinski definition) is 0. The lowest BCUT2D eigenvalue weighted by atomic mass is 10.2. The molecule has 0 saturated carbocycles. The molecule has 0 unspecified atom stereocenters. The van der Waals surface area contributed by atoms with Gasteiger partial charge in [0.05, 0.1) is 13.4 Å². The fourth-order valence-electron chi connectivity index (χ4n) is 1.77. The Hall–Kier alpha value is -1.99. The van der Waals surface area contributed by atoms with Gasteiger partial charge in [-0.25, -0.2) is 4.98 Å². The average molecular weight is 343 g/mol. The first-order chi connectivity index (χ1) is 10.4. The number of allylic oxidation sites excluding steroid dienone is 1. The van der Waals surface area contributed by atoms with Crippen LogP contribution in [0, 0.1) is 0 Å². The number of aryl methyl sites for hydroxylation is 1. The lowest BCUT2D eigenvalue weighted by Crippen LogP contribution is -2.11. The summed E-state index contributed by atoms with van der Waals surface area (Å²) < 4.78 is 36.2. The Labute approximate surface area is 134 Å². The number of halogens is 1. The van der Waals surface area contributed by atoms with E-state index in [9.17, 15) is 8.42 Å². The van der Waals surface area contributed by atoms with Crippen LogP contribution in [0.5, 0.6) is 11.5 Å². The first-order valence-corrected chi connectivity index (χ1v) is 8.09. The van der Waals surface area contributed by atoms with Crippen molar-refractivity contribution in [3.05, 3.63) is 41.3 Å². The van der Waals surface area contributed by atoms with E-state index < -0.39 is 10.1 Å². The van der Waals surface area contributed by atoms with Crippen molar-refractivity contribution in [2.24, 2.45) is 7.05 Å². The van der Waals surface area contributed by atoms with Crippen LogP contribution in [0.1, 0.15) is 12.5 Å². The van der Waals surface area contributed by atoms with Crippen molar-refractivity contribution in [3.8, 4) is 11.5 Å². The van der Waals surface area contributed by atoms with E-state index >= 15 is 0 Å². The summed E-state index contributed by atoms with van der Waals surface area (Å²) in [6.07, 6.45) is 5.01. The van der Waals surface area contributed by atoms with Crippen LogP contribution in [0.3, 0.4) is 0 Å². The molecule has 1 aromatic carbocycles. The maximum Gasteiger partial charge on any atom is 0.360 e. The van der Waals surface area contributed by atoms with Crippen LogP contribution >= 0.6 is 11.6 Å². The molecule has 0 fully saturated rings. The quantitative estimate of drug-likeness (QED) is 0.781. The molecule has 0 amide bonds. The molecular weight excluding hydrogens is 328 g/mol. The van der Waals surface area contributed by atoms with Gasteiger partial charge in [0.25, 0.3) is 0 Å². The van der Waals surface area contributed by atoms with Gasteiger partial charge in [-0.05, 0) is 24.6 Å². The molecule has 0 atom stereocenters. The SMILES string of the molecule is C/C=C/c1ccc(OS(=O)(=O)c2ncn(C)c2Cl)c(OC)c1. The molecule has 0 bridgehead atoms. The number of aromatic nitrogens is 2. The largest absolute Gasteiger partial charge is 0.493 e. The second-order valence-corrected chi connectivity index (χ2v) is 6.22. The fraction of sp³-hybridized carbons (Fsp3) is 0.214. The van der Waals surface area contributed by atoms with E-state index in [1.165, 1.54) is 24.1 Å². The topological polar surface area (TPSA) is 70.4 Å². The molecule has 1 heterocycles. The maximum absolute atomic E-state index is 12.3. The molecule has 0 radical (unpaired) electrons. The molecule has 6 nitrogen and oxygen atoms in total. The fourth-order valence-corrected chi connectivity index (χ4v) is 3.12. The highest BCUT2D eigenvalue weighted by molar-refractivity contribution is 7.87. The average Bonchev–Trinajstić information content (AvgIpc) is 2.81. The van der Waals surface area contributed by atoms with Crippen molar-refractivity contribution in [2.75, 3.05) is 7.11 Å². The Morgan fingerprint density at radius 3 is 2.59 bits per heavy atom. The van der Waals surface area contributed by atoms with E-state index in [0.717, 1.165) is 5.56 Å². The summed E-state index contributed by atoms with van der Waals surface area (Å²) in [4.78, 5) is 3.75. The van der Waals surface area contributed by atoms with Crippen molar-refractivity contribution in [1.82, 2.24) is 9.55 Å². The summed E-state index contributed by atoms with van der Waals surface area (Å²) in [7, 11) is -1.13. The minimum Gasteiger partial charge on any atom is -0.493 e. The highest BCUT2D eigenvalue weighted by atomic mass is 35.5. The monoisotopic (exact) mass is 342 g/mol. The van der Waals surface area contributed by atoms with Gasteiger partial charge in [-0.15, -0.1) is 0 Å². The van der Waals surface area contributed by atoms with Crippen molar-refractivity contribution < 1.29 is 17.3 Å². The second kappa shape index (κ2) is 6.41. The van der Waals surface area contributed by atoms with Gasteiger partial charge >= 0.3 is 10.1 Å². The third-order valence-corrected chi connectivity index (χ3v) is 4.55. The summed E-state index contributed by atoms with van der Waals surface area (Å²) in [5.74, 6) is 0.365. The molecule has 2 rings (SSSR count). The Morgan fingerprint density at radius 2 is 2.05 bits per heavy atom. The molecule has 0 aliphatic heterocycles. The third-order valence-electron chi connectivity index (χ3n) is 2.82. The van der Waals surface area contributed by atoms with Crippen molar-refractivity contribution in [2.45, 2.75) is 11.9 Å². The summed E-state index contributed by atoms with van der Waals surface area (Å²) in [5, 5.41) is -0.360. The number of imidazole rings is 1. The zero-order chi connectivity index (χ0) is 16.3. The van der Waals surface area contributed by atoms with Gasteiger partial charge in [0.15, 0.2) is 16.7 Å². The van der Waals surface area contributed by atoms with Crippen molar-refractivity contribution >= 4 is 27.8 Å². The molecule has 1 aromatic heterocycles. The number of ether oxygens (including phenoxy) is 1. The normalized spacial score (nSPS) is 11.8. The lowest BCUT2D eigenvalue weighted by molar-refractivity contribution is 0.390. The molecule has 0 saturated heterocycles. The molecule has 118 valence electrons. The predicted octanol–water partition coefficient (Wildman–Crippen LogP) is 2.88. The van der Waals surface area contributed by atoms with Crippen molar-refractivity contribution in [1.29, 1.82) is 0 Å². The number of methoxy groups -OCH3 is 1. The van der Waals surface area contributed by atoms with Gasteiger partial charge in [0, 0.05) is 7.05 Å². The van der Waals surface area contributed by atoms with Crippen LogP contribution in [0.15, 0.2) is 35.6 Å². The van der Waals surface area contributed by atoms with Gasteiger partial charge in [-0.2, -0.15) is 8.42 Å². The number of rotatable bonds is 5. The molecule has 22 heavy (non-hydrogen) atoms. The van der Waals surface area contributed by atoms with Gasteiger partial charge in [0.2, 0.25) is 5.03 Å². The van der Waals surface area contributed by atoms with Crippen LogP contribution in [0.2, 0.25) is 5.15 Å². The first-order valence-electron chi connectivity index (χ1n) is 6.31. The third kappa shape index (κ3) is 3.26. The van der Waals surface area contributed by atoms with Crippen molar-refractivity contribution in [3.63, 3.8) is 0 Å². The zero-order valence-electron chi connectivity index (χ0n) is 12.3. The molecule has 2 aromatic rings. The zero-order valence-corrected chi connectivity index (χ0v) is 13.9. The van der Waals surface area contributed by atoms with E-state index in [2.05, 4.69) is 4.98 Å². The van der Waals surface area contributed by atoms with Crippen LogP contribution in [-0.2, 0) is 17.2 Å². The van der Waals surface area contributed by atoms with E-state index in [-0.39, 0.29) is 15.9 Å². The second-order valence-electron chi connectivity index (χ2n) is 4.40. The van der Waals surface area contributed by atoms with E-state index in [1.54, 1.807) is 19.2 Å². The van der Waals surface area contributed by atoms with Gasteiger partial charge in [-0.1, -0.05) is 29.8 Å². The van der Waals surface area contributed by atoms with E-state index in [1.807, 2.05) is 19.1 Å². The van der Waals surface area contributed by atoms with Gasteiger partial charge < -0.3 is 13.5 Å². The van der Waals surface area contributed by atoms with Crippen LogP contribution in [0.25, 0.3) is 6.08 Å². The van der Waals surface area contributed by atoms with E-state index in [4.69, 9.17) is 20.5 Å². The lowest BCUT2D eigenvalue weighted by Gasteiger charge is -2.10. The van der Waals surface area contributed by atoms with Crippen LogP contribution < -0.4 is 8.92 Å². The minimum absolute atomic E-state index is 0.0236. The summed E-state index contributed by atoms with van der Waals surface area (Å²) in [6, 6.07) is 4.90. The minimum atomic E-state index is -4.14. The molecule has 8 heteroatoms. The Balaban J connectivity index is 2.39. The van der Waals surface area contributed by atoms with Gasteiger partial charge in [-0.3, -0.25) is 0 Å². The highest BCUT2D eigenvalue weighted by Gasteiger charge is 2.26. The molecule has 0 aliphatic rings. The van der Waals surface area contributed by atoms with Gasteiger partial charge in [0.1, 0.15) is 0 Å². The first kappa shape index (κ1) is 16.4. The number of hydrogen-bond acceptors (Lipinski definition) is 5. The molecule has 0 spiro atoms. The standard InChI is InChI=1S/C14H15ClN2O4S/c1-4-5-10-6-7-11(12(8-10)20-3)21-22(18,19)14-13(15)17(2)9-16-14/h4-9H,1-3H3/b5-4+.